The Kier molecular flexibility index (Phi) is 3.75. The van der Waals surface area contributed by atoms with Crippen molar-refractivity contribution in [1.29, 1.82) is 0 Å². The SMILES string of the molecule is N[C@@H](c1ccc(OC(F)(F)F)cc1)c1ccc2c(c1)OC(F)(F)O2. The molecular formula is C15H10F5NO3. The van der Waals surface area contributed by atoms with Gasteiger partial charge in [0, 0.05) is 0 Å². The fourth-order valence-electron chi connectivity index (χ4n) is 2.23. The number of alkyl halides is 5. The Hall–Kier alpha value is -2.55. The van der Waals surface area contributed by atoms with Crippen LogP contribution in [0.1, 0.15) is 17.2 Å². The average molecular weight is 347 g/mol. The van der Waals surface area contributed by atoms with E-state index in [2.05, 4.69) is 14.2 Å². The zero-order valence-electron chi connectivity index (χ0n) is 11.8. The van der Waals surface area contributed by atoms with E-state index < -0.39 is 18.7 Å². The van der Waals surface area contributed by atoms with Crippen LogP contribution in [0.2, 0.25) is 0 Å². The van der Waals surface area contributed by atoms with Crippen molar-refractivity contribution >= 4 is 0 Å². The summed E-state index contributed by atoms with van der Waals surface area (Å²) >= 11 is 0. The summed E-state index contributed by atoms with van der Waals surface area (Å²) < 4.78 is 74.7. The molecule has 0 unspecified atom stereocenters. The Bertz CT molecular complexity index is 746. The fraction of sp³-hybridized carbons (Fsp3) is 0.200. The first-order valence-corrected chi connectivity index (χ1v) is 6.64. The number of hydrogen-bond donors (Lipinski definition) is 1. The molecule has 0 saturated heterocycles. The van der Waals surface area contributed by atoms with E-state index in [0.717, 1.165) is 12.1 Å². The van der Waals surface area contributed by atoms with Crippen molar-refractivity contribution in [2.75, 3.05) is 0 Å². The van der Waals surface area contributed by atoms with Gasteiger partial charge >= 0.3 is 12.7 Å². The molecule has 0 amide bonds. The summed E-state index contributed by atoms with van der Waals surface area (Å²) in [7, 11) is 0. The lowest BCUT2D eigenvalue weighted by atomic mass is 9.99. The molecule has 3 rings (SSSR count). The van der Waals surface area contributed by atoms with Crippen molar-refractivity contribution < 1.29 is 36.2 Å². The van der Waals surface area contributed by atoms with E-state index in [1.807, 2.05) is 0 Å². The van der Waals surface area contributed by atoms with Crippen LogP contribution in [0.25, 0.3) is 0 Å². The van der Waals surface area contributed by atoms with Gasteiger partial charge in [0.1, 0.15) is 5.75 Å². The molecule has 1 heterocycles. The van der Waals surface area contributed by atoms with Crippen LogP contribution >= 0.6 is 0 Å². The minimum atomic E-state index is -4.79. The molecule has 2 aromatic rings. The molecular weight excluding hydrogens is 337 g/mol. The van der Waals surface area contributed by atoms with E-state index in [4.69, 9.17) is 5.73 Å². The standard InChI is InChI=1S/C15H10F5NO3/c16-14(17,18)22-10-4-1-8(2-5-10)13(21)9-3-6-11-12(7-9)24-15(19,20)23-11/h1-7,13H,21H2/t13-/m0/s1. The normalized spacial score (nSPS) is 16.8. The van der Waals surface area contributed by atoms with Gasteiger partial charge in [-0.3, -0.25) is 0 Å². The van der Waals surface area contributed by atoms with Gasteiger partial charge in [-0.2, -0.15) is 0 Å². The number of nitrogens with two attached hydrogens (primary N) is 1. The second-order valence-electron chi connectivity index (χ2n) is 4.97. The molecule has 1 atom stereocenters. The highest BCUT2D eigenvalue weighted by Crippen LogP contribution is 2.42. The van der Waals surface area contributed by atoms with Gasteiger partial charge in [-0.05, 0) is 35.4 Å². The summed E-state index contributed by atoms with van der Waals surface area (Å²) in [4.78, 5) is 0. The van der Waals surface area contributed by atoms with Crippen molar-refractivity contribution in [1.82, 2.24) is 0 Å². The number of benzene rings is 2. The van der Waals surface area contributed by atoms with Gasteiger partial charge in [-0.25, -0.2) is 0 Å². The van der Waals surface area contributed by atoms with Crippen LogP contribution < -0.4 is 19.9 Å². The van der Waals surface area contributed by atoms with Crippen LogP contribution in [0.4, 0.5) is 22.0 Å². The number of hydrogen-bond acceptors (Lipinski definition) is 4. The smallest absolute Gasteiger partial charge is 0.406 e. The summed E-state index contributed by atoms with van der Waals surface area (Å²) in [6, 6.07) is 8.22. The summed E-state index contributed by atoms with van der Waals surface area (Å²) in [6.07, 6.45) is -8.52. The first-order chi connectivity index (χ1) is 11.1. The summed E-state index contributed by atoms with van der Waals surface area (Å²) in [6.45, 7) is 0. The fourth-order valence-corrected chi connectivity index (χ4v) is 2.23. The Morgan fingerprint density at radius 2 is 1.50 bits per heavy atom. The monoisotopic (exact) mass is 347 g/mol. The molecule has 0 spiro atoms. The van der Waals surface area contributed by atoms with Crippen LogP contribution in [0.5, 0.6) is 17.2 Å². The van der Waals surface area contributed by atoms with E-state index in [9.17, 15) is 22.0 Å². The molecule has 24 heavy (non-hydrogen) atoms. The van der Waals surface area contributed by atoms with E-state index in [1.165, 1.54) is 30.3 Å². The van der Waals surface area contributed by atoms with Crippen LogP contribution in [0, 0.1) is 0 Å². The van der Waals surface area contributed by atoms with Gasteiger partial charge in [-0.1, -0.05) is 18.2 Å². The highest BCUT2D eigenvalue weighted by Gasteiger charge is 2.43. The Morgan fingerprint density at radius 3 is 2.12 bits per heavy atom. The van der Waals surface area contributed by atoms with Gasteiger partial charge in [-0.15, -0.1) is 22.0 Å². The molecule has 1 aliphatic heterocycles. The molecule has 2 aromatic carbocycles. The lowest BCUT2D eigenvalue weighted by Gasteiger charge is -2.14. The molecule has 0 fully saturated rings. The highest BCUT2D eigenvalue weighted by atomic mass is 19.4. The predicted octanol–water partition coefficient (Wildman–Crippen LogP) is 3.95. The second-order valence-corrected chi connectivity index (χ2v) is 4.97. The maximum atomic E-state index is 13.0. The highest BCUT2D eigenvalue weighted by molar-refractivity contribution is 5.47. The van der Waals surface area contributed by atoms with Crippen molar-refractivity contribution in [3.63, 3.8) is 0 Å². The molecule has 0 radical (unpaired) electrons. The third-order valence-electron chi connectivity index (χ3n) is 3.26. The lowest BCUT2D eigenvalue weighted by Crippen LogP contribution is -2.25. The molecule has 128 valence electrons. The number of halogens is 5. The van der Waals surface area contributed by atoms with E-state index in [-0.39, 0.29) is 17.2 Å². The summed E-state index contributed by atoms with van der Waals surface area (Å²) in [5.74, 6) is -0.668. The van der Waals surface area contributed by atoms with E-state index in [1.54, 1.807) is 0 Å². The van der Waals surface area contributed by atoms with Gasteiger partial charge in [0.25, 0.3) is 0 Å². The van der Waals surface area contributed by atoms with Crippen molar-refractivity contribution in [3.05, 3.63) is 53.6 Å². The molecule has 0 aliphatic carbocycles. The Labute approximate surface area is 132 Å². The number of fused-ring (bicyclic) bond motifs is 1. The molecule has 4 nitrogen and oxygen atoms in total. The third kappa shape index (κ3) is 3.51. The van der Waals surface area contributed by atoms with E-state index in [0.29, 0.717) is 11.1 Å². The van der Waals surface area contributed by atoms with Crippen LogP contribution in [0.3, 0.4) is 0 Å². The second kappa shape index (κ2) is 5.52. The number of rotatable bonds is 3. The predicted molar refractivity (Wildman–Crippen MR) is 71.8 cm³/mol. The lowest BCUT2D eigenvalue weighted by molar-refractivity contribution is -0.286. The molecule has 0 bridgehead atoms. The maximum Gasteiger partial charge on any atom is 0.586 e. The largest absolute Gasteiger partial charge is 0.586 e. The summed E-state index contributed by atoms with van der Waals surface area (Å²) in [5, 5.41) is 0. The van der Waals surface area contributed by atoms with E-state index >= 15 is 0 Å². The molecule has 1 aliphatic rings. The van der Waals surface area contributed by atoms with Crippen LogP contribution in [0.15, 0.2) is 42.5 Å². The Morgan fingerprint density at radius 1 is 0.917 bits per heavy atom. The third-order valence-corrected chi connectivity index (χ3v) is 3.26. The van der Waals surface area contributed by atoms with Gasteiger partial charge < -0.3 is 19.9 Å². The first kappa shape index (κ1) is 16.3. The molecule has 0 saturated carbocycles. The number of ether oxygens (including phenoxy) is 3. The van der Waals surface area contributed by atoms with Gasteiger partial charge in [0.15, 0.2) is 11.5 Å². The van der Waals surface area contributed by atoms with Crippen molar-refractivity contribution in [3.8, 4) is 17.2 Å². The molecule has 2 N–H and O–H groups in total. The van der Waals surface area contributed by atoms with Gasteiger partial charge in [0.2, 0.25) is 0 Å². The average Bonchev–Trinajstić information content (AvgIpc) is 2.78. The minimum Gasteiger partial charge on any atom is -0.406 e. The Balaban J connectivity index is 1.79. The first-order valence-electron chi connectivity index (χ1n) is 6.64. The van der Waals surface area contributed by atoms with Gasteiger partial charge in [0.05, 0.1) is 6.04 Å². The zero-order chi connectivity index (χ0) is 17.5. The molecule has 0 aromatic heterocycles. The zero-order valence-corrected chi connectivity index (χ0v) is 11.8. The topological polar surface area (TPSA) is 53.7 Å². The quantitative estimate of drug-likeness (QED) is 0.854. The maximum absolute atomic E-state index is 13.0. The minimum absolute atomic E-state index is 0.120. The summed E-state index contributed by atoms with van der Waals surface area (Å²) in [5.41, 5.74) is 6.91. The van der Waals surface area contributed by atoms with Crippen LogP contribution in [-0.4, -0.2) is 12.7 Å². The van der Waals surface area contributed by atoms with Crippen molar-refractivity contribution in [2.24, 2.45) is 5.73 Å². The molecule has 9 heteroatoms. The van der Waals surface area contributed by atoms with Crippen molar-refractivity contribution in [2.45, 2.75) is 18.7 Å². The van der Waals surface area contributed by atoms with Crippen LogP contribution in [-0.2, 0) is 0 Å².